The Morgan fingerprint density at radius 1 is 1.28 bits per heavy atom. The molecule has 18 heavy (non-hydrogen) atoms. The zero-order valence-electron chi connectivity index (χ0n) is 10.4. The third-order valence-electron chi connectivity index (χ3n) is 4.27. The van der Waals surface area contributed by atoms with Gasteiger partial charge in [-0.05, 0) is 31.4 Å². The Morgan fingerprint density at radius 2 is 2.22 bits per heavy atom. The Labute approximate surface area is 105 Å². The molecule has 4 rings (SSSR count). The summed E-state index contributed by atoms with van der Waals surface area (Å²) in [6.07, 6.45) is 3.81. The summed E-state index contributed by atoms with van der Waals surface area (Å²) in [7, 11) is 1.88. The normalized spacial score (nSPS) is 30.2. The lowest BCUT2D eigenvalue weighted by Gasteiger charge is -2.17. The van der Waals surface area contributed by atoms with Crippen molar-refractivity contribution in [3.63, 3.8) is 0 Å². The smallest absolute Gasteiger partial charge is 0.179 e. The van der Waals surface area contributed by atoms with Gasteiger partial charge in [0.25, 0.3) is 0 Å². The van der Waals surface area contributed by atoms with Crippen molar-refractivity contribution < 1.29 is 0 Å². The van der Waals surface area contributed by atoms with Crippen LogP contribution >= 0.6 is 0 Å². The van der Waals surface area contributed by atoms with Crippen molar-refractivity contribution in [1.29, 1.82) is 0 Å². The van der Waals surface area contributed by atoms with E-state index in [0.29, 0.717) is 18.0 Å². The third kappa shape index (κ3) is 1.43. The van der Waals surface area contributed by atoms with Crippen LogP contribution in [0.15, 0.2) is 12.1 Å². The van der Waals surface area contributed by atoms with Gasteiger partial charge in [0, 0.05) is 25.0 Å². The molecule has 2 aliphatic rings. The number of aromatic nitrogens is 3. The summed E-state index contributed by atoms with van der Waals surface area (Å²) in [5, 5.41) is 6.70. The summed E-state index contributed by atoms with van der Waals surface area (Å²) in [5.41, 5.74) is 1.85. The first-order valence-electron chi connectivity index (χ1n) is 6.64. The maximum Gasteiger partial charge on any atom is 0.179 e. The summed E-state index contributed by atoms with van der Waals surface area (Å²) in [5.74, 6) is 2.51. The Balaban J connectivity index is 1.73. The molecule has 3 N–H and O–H groups in total. The number of nitrogens with zero attached hydrogens (tertiary/aromatic N) is 2. The topological polar surface area (TPSA) is 65.6 Å². The van der Waals surface area contributed by atoms with Crippen molar-refractivity contribution in [1.82, 2.24) is 20.3 Å². The fraction of sp³-hybridized carbons (Fsp3) is 0.538. The number of nitrogens with one attached hydrogen (secondary N) is 3. The van der Waals surface area contributed by atoms with Gasteiger partial charge in [-0.25, -0.2) is 9.97 Å². The minimum Gasteiger partial charge on any atom is -0.373 e. The Bertz CT molecular complexity index is 590. The first-order valence-corrected chi connectivity index (χ1v) is 6.64. The van der Waals surface area contributed by atoms with E-state index in [2.05, 4.69) is 25.6 Å². The highest BCUT2D eigenvalue weighted by molar-refractivity contribution is 5.73. The fourth-order valence-electron chi connectivity index (χ4n) is 3.35. The lowest BCUT2D eigenvalue weighted by Crippen LogP contribution is -2.22. The van der Waals surface area contributed by atoms with Gasteiger partial charge in [-0.3, -0.25) is 0 Å². The molecule has 0 radical (unpaired) electrons. The van der Waals surface area contributed by atoms with Crippen LogP contribution in [0.3, 0.4) is 0 Å². The van der Waals surface area contributed by atoms with Gasteiger partial charge in [0.1, 0.15) is 11.6 Å². The Morgan fingerprint density at radius 3 is 2.94 bits per heavy atom. The maximum absolute atomic E-state index is 4.68. The van der Waals surface area contributed by atoms with Gasteiger partial charge in [0.05, 0.1) is 5.52 Å². The number of pyridine rings is 1. The molecule has 2 aromatic rings. The molecule has 0 amide bonds. The monoisotopic (exact) mass is 243 g/mol. The highest BCUT2D eigenvalue weighted by atomic mass is 15.1. The molecule has 0 aromatic carbocycles. The lowest BCUT2D eigenvalue weighted by atomic mass is 9.89. The van der Waals surface area contributed by atoms with E-state index >= 15 is 0 Å². The zero-order valence-corrected chi connectivity index (χ0v) is 10.4. The van der Waals surface area contributed by atoms with Crippen molar-refractivity contribution in [3.8, 4) is 0 Å². The summed E-state index contributed by atoms with van der Waals surface area (Å²) in [4.78, 5) is 12.6. The number of hydrogen-bond acceptors (Lipinski definition) is 4. The lowest BCUT2D eigenvalue weighted by molar-refractivity contribution is 0.490. The van der Waals surface area contributed by atoms with Crippen molar-refractivity contribution >= 4 is 17.0 Å². The molecule has 2 saturated heterocycles. The van der Waals surface area contributed by atoms with E-state index in [9.17, 15) is 0 Å². The van der Waals surface area contributed by atoms with E-state index in [1.807, 2.05) is 19.2 Å². The van der Waals surface area contributed by atoms with E-state index < -0.39 is 0 Å². The second-order valence-electron chi connectivity index (χ2n) is 5.33. The highest BCUT2D eigenvalue weighted by Crippen LogP contribution is 2.39. The fourth-order valence-corrected chi connectivity index (χ4v) is 3.35. The summed E-state index contributed by atoms with van der Waals surface area (Å²) < 4.78 is 0. The first kappa shape index (κ1) is 10.3. The number of imidazole rings is 1. The molecule has 5 heteroatoms. The predicted molar refractivity (Wildman–Crippen MR) is 70.7 cm³/mol. The van der Waals surface area contributed by atoms with Crippen molar-refractivity contribution in [2.75, 3.05) is 12.4 Å². The van der Waals surface area contributed by atoms with Gasteiger partial charge < -0.3 is 15.6 Å². The molecule has 2 aliphatic heterocycles. The summed E-state index contributed by atoms with van der Waals surface area (Å²) in [6.45, 7) is 0. The molecule has 5 nitrogen and oxygen atoms in total. The Hall–Kier alpha value is -1.62. The maximum atomic E-state index is 4.68. The van der Waals surface area contributed by atoms with Crippen LogP contribution < -0.4 is 10.6 Å². The number of fused-ring (bicyclic) bond motifs is 3. The number of anilines is 1. The van der Waals surface area contributed by atoms with Gasteiger partial charge in [0.2, 0.25) is 0 Å². The average molecular weight is 243 g/mol. The number of hydrogen-bond donors (Lipinski definition) is 3. The number of rotatable bonds is 2. The van der Waals surface area contributed by atoms with Gasteiger partial charge in [-0.1, -0.05) is 0 Å². The SMILES string of the molecule is CNc1ccc2[nH]c(C3CC4CCC3N4)nc2n1. The number of H-pyrrole nitrogens is 1. The zero-order chi connectivity index (χ0) is 12.1. The second-order valence-corrected chi connectivity index (χ2v) is 5.33. The molecule has 2 bridgehead atoms. The van der Waals surface area contributed by atoms with E-state index in [-0.39, 0.29) is 0 Å². The summed E-state index contributed by atoms with van der Waals surface area (Å²) in [6, 6.07) is 5.34. The van der Waals surface area contributed by atoms with Crippen LogP contribution in [0, 0.1) is 0 Å². The van der Waals surface area contributed by atoms with Crippen LogP contribution in [-0.4, -0.2) is 34.1 Å². The molecule has 3 unspecified atom stereocenters. The number of aromatic amines is 1. The van der Waals surface area contributed by atoms with Gasteiger partial charge in [-0.2, -0.15) is 0 Å². The standard InChI is InChI=1S/C13H17N5/c1-14-11-5-4-10-13(17-11)18-12(16-10)8-6-7-2-3-9(8)15-7/h4-5,7-9,15H,2-3,6H2,1H3,(H2,14,16,17,18). The van der Waals surface area contributed by atoms with Crippen LogP contribution in [0.2, 0.25) is 0 Å². The van der Waals surface area contributed by atoms with E-state index in [1.165, 1.54) is 19.3 Å². The minimum absolute atomic E-state index is 0.538. The Kier molecular flexibility index (Phi) is 2.11. The van der Waals surface area contributed by atoms with Crippen molar-refractivity contribution in [2.45, 2.75) is 37.3 Å². The molecule has 0 aliphatic carbocycles. The highest BCUT2D eigenvalue weighted by Gasteiger charge is 2.41. The molecule has 94 valence electrons. The third-order valence-corrected chi connectivity index (χ3v) is 4.27. The van der Waals surface area contributed by atoms with Gasteiger partial charge >= 0.3 is 0 Å². The minimum atomic E-state index is 0.538. The van der Waals surface area contributed by atoms with E-state index in [0.717, 1.165) is 22.8 Å². The second kappa shape index (κ2) is 3.68. The van der Waals surface area contributed by atoms with Crippen LogP contribution in [0.25, 0.3) is 11.2 Å². The molecule has 0 saturated carbocycles. The molecule has 3 atom stereocenters. The van der Waals surface area contributed by atoms with Gasteiger partial charge in [0.15, 0.2) is 5.65 Å². The van der Waals surface area contributed by atoms with Crippen molar-refractivity contribution in [3.05, 3.63) is 18.0 Å². The van der Waals surface area contributed by atoms with Crippen LogP contribution in [-0.2, 0) is 0 Å². The summed E-state index contributed by atoms with van der Waals surface area (Å²) >= 11 is 0. The molecule has 0 spiro atoms. The van der Waals surface area contributed by atoms with Gasteiger partial charge in [-0.15, -0.1) is 0 Å². The van der Waals surface area contributed by atoms with Crippen molar-refractivity contribution in [2.24, 2.45) is 0 Å². The van der Waals surface area contributed by atoms with Crippen LogP contribution in [0.5, 0.6) is 0 Å². The van der Waals surface area contributed by atoms with Crippen LogP contribution in [0.1, 0.15) is 31.0 Å². The molecule has 2 fully saturated rings. The largest absolute Gasteiger partial charge is 0.373 e. The average Bonchev–Trinajstić information content (AvgIpc) is 3.11. The first-order chi connectivity index (χ1) is 8.83. The van der Waals surface area contributed by atoms with E-state index in [4.69, 9.17) is 0 Å². The molecule has 4 heterocycles. The molecular formula is C13H17N5. The quantitative estimate of drug-likeness (QED) is 0.749. The van der Waals surface area contributed by atoms with Crippen LogP contribution in [0.4, 0.5) is 5.82 Å². The molecular weight excluding hydrogens is 226 g/mol. The van der Waals surface area contributed by atoms with E-state index in [1.54, 1.807) is 0 Å². The predicted octanol–water partition coefficient (Wildman–Crippen LogP) is 1.61. The molecule has 2 aromatic heterocycles.